The van der Waals surface area contributed by atoms with Crippen LogP contribution in [0, 0.1) is 0 Å². The van der Waals surface area contributed by atoms with E-state index in [0.29, 0.717) is 37.5 Å². The van der Waals surface area contributed by atoms with Crippen molar-refractivity contribution in [2.75, 3.05) is 6.54 Å². The largest absolute Gasteiger partial charge is 0.441 e. The first-order valence-corrected chi connectivity index (χ1v) is 8.37. The number of carbonyl (C=O) groups excluding carboxylic acids is 1. The molecule has 3 aromatic rings. The monoisotopic (exact) mass is 369 g/mol. The quantitative estimate of drug-likeness (QED) is 0.767. The van der Waals surface area contributed by atoms with E-state index in [1.807, 2.05) is 59.5 Å². The maximum absolute atomic E-state index is 12.8. The van der Waals surface area contributed by atoms with Crippen LogP contribution >= 0.6 is 12.4 Å². The van der Waals surface area contributed by atoms with Crippen LogP contribution in [0.2, 0.25) is 0 Å². The minimum Gasteiger partial charge on any atom is -0.441 e. The fourth-order valence-corrected chi connectivity index (χ4v) is 3.09. The second-order valence-corrected chi connectivity index (χ2v) is 6.14. The molecule has 26 heavy (non-hydrogen) atoms. The second-order valence-electron chi connectivity index (χ2n) is 6.14. The molecule has 134 valence electrons. The Balaban J connectivity index is 0.00000196. The van der Waals surface area contributed by atoms with Crippen molar-refractivity contribution in [2.45, 2.75) is 19.5 Å². The lowest BCUT2D eigenvalue weighted by molar-refractivity contribution is 0.0728. The van der Waals surface area contributed by atoms with E-state index in [1.54, 1.807) is 0 Å². The summed E-state index contributed by atoms with van der Waals surface area (Å²) in [4.78, 5) is 19.2. The number of aromatic nitrogens is 1. The summed E-state index contributed by atoms with van der Waals surface area (Å²) in [6.45, 7) is 1.52. The van der Waals surface area contributed by atoms with Gasteiger partial charge in [-0.15, -0.1) is 12.4 Å². The first-order valence-electron chi connectivity index (χ1n) is 8.37. The molecule has 0 saturated heterocycles. The van der Waals surface area contributed by atoms with E-state index in [9.17, 15) is 4.79 Å². The van der Waals surface area contributed by atoms with Gasteiger partial charge in [-0.2, -0.15) is 0 Å². The van der Waals surface area contributed by atoms with Crippen LogP contribution in [0.5, 0.6) is 0 Å². The highest BCUT2D eigenvalue weighted by molar-refractivity contribution is 5.94. The average molecular weight is 370 g/mol. The number of oxazole rings is 1. The second kappa shape index (κ2) is 7.72. The van der Waals surface area contributed by atoms with Crippen LogP contribution in [-0.2, 0) is 19.5 Å². The fourth-order valence-electron chi connectivity index (χ4n) is 3.09. The number of benzene rings is 2. The van der Waals surface area contributed by atoms with Gasteiger partial charge in [0.05, 0.1) is 6.54 Å². The predicted octanol–water partition coefficient (Wildman–Crippen LogP) is 3.42. The molecule has 1 amide bonds. The first kappa shape index (κ1) is 18.2. The number of fused-ring (bicyclic) bond motifs is 1. The Kier molecular flexibility index (Phi) is 5.40. The van der Waals surface area contributed by atoms with E-state index in [2.05, 4.69) is 4.98 Å². The van der Waals surface area contributed by atoms with Gasteiger partial charge < -0.3 is 15.1 Å². The van der Waals surface area contributed by atoms with Crippen LogP contribution in [0.3, 0.4) is 0 Å². The molecule has 5 nitrogen and oxygen atoms in total. The van der Waals surface area contributed by atoms with Gasteiger partial charge in [-0.25, -0.2) is 4.98 Å². The fraction of sp³-hybridized carbons (Fsp3) is 0.200. The predicted molar refractivity (Wildman–Crippen MR) is 102 cm³/mol. The van der Waals surface area contributed by atoms with Crippen molar-refractivity contribution in [2.24, 2.45) is 5.73 Å². The Hall–Kier alpha value is -2.63. The minimum atomic E-state index is 0. The Morgan fingerprint density at radius 1 is 1.15 bits per heavy atom. The van der Waals surface area contributed by atoms with E-state index in [4.69, 9.17) is 10.2 Å². The number of rotatable bonds is 3. The third-order valence-corrected chi connectivity index (χ3v) is 4.45. The zero-order valence-electron chi connectivity index (χ0n) is 14.2. The number of amides is 1. The Bertz CT molecular complexity index is 908. The SMILES string of the molecule is Cl.NCc1cccc(C(=O)N2CCc3oc(-c4ccccc4)nc3C2)c1. The molecular formula is C20H20ClN3O2. The van der Waals surface area contributed by atoms with Crippen molar-refractivity contribution < 1.29 is 9.21 Å². The molecule has 1 aliphatic heterocycles. The number of nitrogens with zero attached hydrogens (tertiary/aromatic N) is 2. The van der Waals surface area contributed by atoms with Gasteiger partial charge in [0, 0.05) is 30.6 Å². The molecule has 1 aromatic heterocycles. The highest BCUT2D eigenvalue weighted by Crippen LogP contribution is 2.26. The smallest absolute Gasteiger partial charge is 0.254 e. The van der Waals surface area contributed by atoms with Gasteiger partial charge in [-0.1, -0.05) is 30.3 Å². The lowest BCUT2D eigenvalue weighted by atomic mass is 10.1. The van der Waals surface area contributed by atoms with Gasteiger partial charge >= 0.3 is 0 Å². The van der Waals surface area contributed by atoms with Crippen LogP contribution in [0.4, 0.5) is 0 Å². The van der Waals surface area contributed by atoms with Gasteiger partial charge in [0.1, 0.15) is 11.5 Å². The van der Waals surface area contributed by atoms with Gasteiger partial charge in [0.25, 0.3) is 5.91 Å². The first-order chi connectivity index (χ1) is 12.2. The third kappa shape index (κ3) is 3.49. The lowest BCUT2D eigenvalue weighted by Crippen LogP contribution is -2.35. The number of halogens is 1. The molecule has 2 N–H and O–H groups in total. The van der Waals surface area contributed by atoms with Crippen LogP contribution < -0.4 is 5.73 Å². The summed E-state index contributed by atoms with van der Waals surface area (Å²) in [5, 5.41) is 0. The Morgan fingerprint density at radius 2 is 1.96 bits per heavy atom. The molecule has 0 saturated carbocycles. The average Bonchev–Trinajstić information content (AvgIpc) is 3.11. The molecule has 0 spiro atoms. The normalized spacial score (nSPS) is 13.0. The zero-order valence-corrected chi connectivity index (χ0v) is 15.0. The van der Waals surface area contributed by atoms with E-state index in [-0.39, 0.29) is 18.3 Å². The molecule has 2 aromatic carbocycles. The summed E-state index contributed by atoms with van der Waals surface area (Å²) in [7, 11) is 0. The molecule has 1 aliphatic rings. The van der Waals surface area contributed by atoms with Crippen LogP contribution in [0.1, 0.15) is 27.4 Å². The summed E-state index contributed by atoms with van der Waals surface area (Å²) in [6.07, 6.45) is 0.678. The van der Waals surface area contributed by atoms with Crippen molar-refractivity contribution in [3.8, 4) is 11.5 Å². The van der Waals surface area contributed by atoms with E-state index in [1.165, 1.54) is 0 Å². The van der Waals surface area contributed by atoms with Crippen molar-refractivity contribution in [3.63, 3.8) is 0 Å². The maximum Gasteiger partial charge on any atom is 0.254 e. The highest BCUT2D eigenvalue weighted by atomic mass is 35.5. The van der Waals surface area contributed by atoms with E-state index in [0.717, 1.165) is 22.6 Å². The molecule has 2 heterocycles. The third-order valence-electron chi connectivity index (χ3n) is 4.45. The molecule has 0 fully saturated rings. The van der Waals surface area contributed by atoms with E-state index >= 15 is 0 Å². The maximum atomic E-state index is 12.8. The molecule has 0 bridgehead atoms. The van der Waals surface area contributed by atoms with Gasteiger partial charge in [-0.3, -0.25) is 4.79 Å². The van der Waals surface area contributed by atoms with Crippen LogP contribution in [0.15, 0.2) is 59.0 Å². The molecule has 0 unspecified atom stereocenters. The van der Waals surface area contributed by atoms with Crippen LogP contribution in [-0.4, -0.2) is 22.3 Å². The molecule has 0 aliphatic carbocycles. The summed E-state index contributed by atoms with van der Waals surface area (Å²) < 4.78 is 5.90. The topological polar surface area (TPSA) is 72.4 Å². The molecule has 6 heteroatoms. The Morgan fingerprint density at radius 3 is 2.73 bits per heavy atom. The standard InChI is InChI=1S/C20H19N3O2.ClH/c21-12-14-5-4-8-16(11-14)20(24)23-10-9-18-17(13-23)22-19(25-18)15-6-2-1-3-7-15;/h1-8,11H,9-10,12-13,21H2;1H. The molecule has 4 rings (SSSR count). The highest BCUT2D eigenvalue weighted by Gasteiger charge is 2.26. The lowest BCUT2D eigenvalue weighted by Gasteiger charge is -2.25. The van der Waals surface area contributed by atoms with Gasteiger partial charge in [0.2, 0.25) is 5.89 Å². The zero-order chi connectivity index (χ0) is 17.2. The van der Waals surface area contributed by atoms with Crippen molar-refractivity contribution in [1.82, 2.24) is 9.88 Å². The number of hydrogen-bond donors (Lipinski definition) is 1. The summed E-state index contributed by atoms with van der Waals surface area (Å²) in [5.41, 5.74) is 9.08. The number of hydrogen-bond acceptors (Lipinski definition) is 4. The Labute approximate surface area is 158 Å². The van der Waals surface area contributed by atoms with Gasteiger partial charge in [0.15, 0.2) is 0 Å². The minimum absolute atomic E-state index is 0. The number of nitrogens with two attached hydrogens (primary N) is 1. The molecular weight excluding hydrogens is 350 g/mol. The summed E-state index contributed by atoms with van der Waals surface area (Å²) in [5.74, 6) is 1.49. The summed E-state index contributed by atoms with van der Waals surface area (Å²) in [6, 6.07) is 17.3. The van der Waals surface area contributed by atoms with Crippen LogP contribution in [0.25, 0.3) is 11.5 Å². The molecule has 0 radical (unpaired) electrons. The summed E-state index contributed by atoms with van der Waals surface area (Å²) >= 11 is 0. The van der Waals surface area contributed by atoms with Crippen molar-refractivity contribution in [3.05, 3.63) is 77.2 Å². The number of carbonyl (C=O) groups is 1. The van der Waals surface area contributed by atoms with Crippen molar-refractivity contribution in [1.29, 1.82) is 0 Å². The van der Waals surface area contributed by atoms with E-state index < -0.39 is 0 Å². The molecule has 0 atom stereocenters. The van der Waals surface area contributed by atoms with Gasteiger partial charge in [-0.05, 0) is 29.8 Å². The van der Waals surface area contributed by atoms with Crippen molar-refractivity contribution >= 4 is 18.3 Å².